The summed E-state index contributed by atoms with van der Waals surface area (Å²) in [6.45, 7) is 7.01. The van der Waals surface area contributed by atoms with Crippen LogP contribution < -0.4 is 11.1 Å². The third kappa shape index (κ3) is 6.42. The highest BCUT2D eigenvalue weighted by Gasteiger charge is 2.23. The van der Waals surface area contributed by atoms with Crippen LogP contribution in [-0.4, -0.2) is 42.5 Å². The number of benzene rings is 1. The zero-order valence-corrected chi connectivity index (χ0v) is 15.9. The quantitative estimate of drug-likeness (QED) is 0.662. The van der Waals surface area contributed by atoms with Crippen molar-refractivity contribution >= 4 is 17.5 Å². The predicted molar refractivity (Wildman–Crippen MR) is 103 cm³/mol. The number of carbonyl (C=O) groups is 2. The van der Waals surface area contributed by atoms with Crippen LogP contribution in [0, 0.1) is 5.92 Å². The summed E-state index contributed by atoms with van der Waals surface area (Å²) in [7, 11) is 0. The molecule has 26 heavy (non-hydrogen) atoms. The van der Waals surface area contributed by atoms with E-state index in [4.69, 9.17) is 10.5 Å². The van der Waals surface area contributed by atoms with Crippen LogP contribution in [0.4, 0.5) is 5.69 Å². The molecule has 1 aliphatic heterocycles. The largest absolute Gasteiger partial charge is 0.369 e. The fourth-order valence-corrected chi connectivity index (χ4v) is 3.11. The second-order valence-corrected chi connectivity index (χ2v) is 7.01. The molecular formula is C20H31N3O3. The first-order valence-corrected chi connectivity index (χ1v) is 9.52. The van der Waals surface area contributed by atoms with E-state index in [1.807, 2.05) is 18.2 Å². The van der Waals surface area contributed by atoms with Gasteiger partial charge in [0.25, 0.3) is 5.91 Å². The molecule has 0 spiro atoms. The molecule has 2 rings (SSSR count). The summed E-state index contributed by atoms with van der Waals surface area (Å²) in [6, 6.07) is 7.89. The Labute approximate surface area is 156 Å². The minimum Gasteiger partial charge on any atom is -0.369 e. The molecule has 1 aromatic rings. The smallest absolute Gasteiger partial charge is 0.253 e. The van der Waals surface area contributed by atoms with Gasteiger partial charge in [-0.1, -0.05) is 25.5 Å². The van der Waals surface area contributed by atoms with Gasteiger partial charge < -0.3 is 15.8 Å². The lowest BCUT2D eigenvalue weighted by Gasteiger charge is -2.30. The van der Waals surface area contributed by atoms with Crippen molar-refractivity contribution in [3.05, 3.63) is 29.8 Å². The molecule has 6 nitrogen and oxygen atoms in total. The normalized spacial score (nSPS) is 17.0. The van der Waals surface area contributed by atoms with E-state index in [1.54, 1.807) is 6.92 Å². The summed E-state index contributed by atoms with van der Waals surface area (Å²) >= 11 is 0. The Morgan fingerprint density at radius 3 is 2.73 bits per heavy atom. The zero-order chi connectivity index (χ0) is 18.9. The van der Waals surface area contributed by atoms with Crippen LogP contribution in [0.3, 0.4) is 0 Å². The Balaban J connectivity index is 1.84. The fraction of sp³-hybridized carbons (Fsp3) is 0.600. The van der Waals surface area contributed by atoms with Crippen LogP contribution in [0.15, 0.2) is 24.3 Å². The first-order chi connectivity index (χ1) is 12.5. The number of nitrogens with one attached hydrogen (secondary N) is 1. The summed E-state index contributed by atoms with van der Waals surface area (Å²) in [5.74, 6) is -0.309. The highest BCUT2D eigenvalue weighted by Crippen LogP contribution is 2.20. The third-order valence-electron chi connectivity index (χ3n) is 4.83. The van der Waals surface area contributed by atoms with Gasteiger partial charge in [0.2, 0.25) is 5.91 Å². The van der Waals surface area contributed by atoms with Crippen molar-refractivity contribution in [3.63, 3.8) is 0 Å². The van der Waals surface area contributed by atoms with Crippen molar-refractivity contribution in [1.82, 2.24) is 4.90 Å². The minimum atomic E-state index is -0.460. The van der Waals surface area contributed by atoms with Crippen molar-refractivity contribution in [1.29, 1.82) is 0 Å². The molecule has 144 valence electrons. The number of likely N-dealkylation sites (tertiary alicyclic amines) is 1. The SMILES string of the molecule is CCCCOC(C)C(=O)Nc1cccc(CN2CCC(C(N)=O)CC2)c1. The Kier molecular flexibility index (Phi) is 8.06. The van der Waals surface area contributed by atoms with E-state index in [1.165, 1.54) is 0 Å². The second-order valence-electron chi connectivity index (χ2n) is 7.01. The summed E-state index contributed by atoms with van der Waals surface area (Å²) in [4.78, 5) is 25.8. The monoisotopic (exact) mass is 361 g/mol. The third-order valence-corrected chi connectivity index (χ3v) is 4.83. The van der Waals surface area contributed by atoms with Gasteiger partial charge in [-0.15, -0.1) is 0 Å². The topological polar surface area (TPSA) is 84.7 Å². The minimum absolute atomic E-state index is 0.00562. The van der Waals surface area contributed by atoms with Gasteiger partial charge in [-0.3, -0.25) is 14.5 Å². The van der Waals surface area contributed by atoms with Crippen molar-refractivity contribution in [2.45, 2.75) is 52.2 Å². The lowest BCUT2D eigenvalue weighted by molar-refractivity contribution is -0.126. The van der Waals surface area contributed by atoms with E-state index in [0.29, 0.717) is 6.61 Å². The van der Waals surface area contributed by atoms with E-state index in [2.05, 4.69) is 23.2 Å². The molecule has 1 aliphatic rings. The summed E-state index contributed by atoms with van der Waals surface area (Å²) in [5, 5.41) is 2.92. The van der Waals surface area contributed by atoms with Crippen molar-refractivity contribution in [3.8, 4) is 0 Å². The molecule has 0 radical (unpaired) electrons. The molecule has 1 atom stereocenters. The first kappa shape index (κ1) is 20.4. The van der Waals surface area contributed by atoms with Crippen LogP contribution in [0.5, 0.6) is 0 Å². The number of rotatable bonds is 9. The van der Waals surface area contributed by atoms with Gasteiger partial charge in [0.1, 0.15) is 6.10 Å². The van der Waals surface area contributed by atoms with Crippen molar-refractivity contribution < 1.29 is 14.3 Å². The molecule has 3 N–H and O–H groups in total. The first-order valence-electron chi connectivity index (χ1n) is 9.52. The van der Waals surface area contributed by atoms with Gasteiger partial charge in [-0.25, -0.2) is 0 Å². The molecule has 1 aromatic carbocycles. The molecule has 1 heterocycles. The average molecular weight is 361 g/mol. The van der Waals surface area contributed by atoms with E-state index in [0.717, 1.165) is 56.6 Å². The molecule has 1 saturated heterocycles. The van der Waals surface area contributed by atoms with Gasteiger partial charge in [-0.2, -0.15) is 0 Å². The van der Waals surface area contributed by atoms with Gasteiger partial charge in [0.15, 0.2) is 0 Å². The number of unbranched alkanes of at least 4 members (excludes halogenated alkanes) is 1. The Morgan fingerprint density at radius 2 is 2.08 bits per heavy atom. The second kappa shape index (κ2) is 10.3. The Hall–Kier alpha value is -1.92. The number of hydrogen-bond donors (Lipinski definition) is 2. The molecule has 2 amide bonds. The van der Waals surface area contributed by atoms with E-state index >= 15 is 0 Å². The highest BCUT2D eigenvalue weighted by atomic mass is 16.5. The Morgan fingerprint density at radius 1 is 1.35 bits per heavy atom. The molecule has 0 aliphatic carbocycles. The lowest BCUT2D eigenvalue weighted by Crippen LogP contribution is -2.38. The molecule has 0 bridgehead atoms. The van der Waals surface area contributed by atoms with Crippen LogP contribution >= 0.6 is 0 Å². The highest BCUT2D eigenvalue weighted by molar-refractivity contribution is 5.93. The van der Waals surface area contributed by atoms with Crippen LogP contribution in [0.1, 0.15) is 45.1 Å². The summed E-state index contributed by atoms with van der Waals surface area (Å²) in [6.07, 6.45) is 3.18. The lowest BCUT2D eigenvalue weighted by atomic mass is 9.96. The summed E-state index contributed by atoms with van der Waals surface area (Å²) < 4.78 is 5.54. The van der Waals surface area contributed by atoms with E-state index in [9.17, 15) is 9.59 Å². The van der Waals surface area contributed by atoms with Gasteiger partial charge in [-0.05, 0) is 57.0 Å². The number of piperidine rings is 1. The van der Waals surface area contributed by atoms with E-state index in [-0.39, 0.29) is 17.7 Å². The van der Waals surface area contributed by atoms with Gasteiger partial charge in [0.05, 0.1) is 0 Å². The number of ether oxygens (including phenoxy) is 1. The number of carbonyl (C=O) groups excluding carboxylic acids is 2. The van der Waals surface area contributed by atoms with Crippen LogP contribution in [0.25, 0.3) is 0 Å². The standard InChI is InChI=1S/C20H31N3O3/c1-3-4-12-26-15(2)20(25)22-18-7-5-6-16(13-18)14-23-10-8-17(9-11-23)19(21)24/h5-7,13,15,17H,3-4,8-12,14H2,1-2H3,(H2,21,24)(H,22,25). The van der Waals surface area contributed by atoms with Gasteiger partial charge >= 0.3 is 0 Å². The van der Waals surface area contributed by atoms with Crippen LogP contribution in [0.2, 0.25) is 0 Å². The van der Waals surface area contributed by atoms with Crippen molar-refractivity contribution in [2.75, 3.05) is 25.0 Å². The number of amides is 2. The fourth-order valence-electron chi connectivity index (χ4n) is 3.11. The number of anilines is 1. The Bertz CT molecular complexity index is 598. The molecule has 1 fully saturated rings. The zero-order valence-electron chi connectivity index (χ0n) is 15.9. The predicted octanol–water partition coefficient (Wildman–Crippen LogP) is 2.53. The molecular weight excluding hydrogens is 330 g/mol. The molecule has 0 saturated carbocycles. The molecule has 0 aromatic heterocycles. The average Bonchev–Trinajstić information content (AvgIpc) is 2.62. The number of primary amides is 1. The molecule has 1 unspecified atom stereocenters. The number of nitrogens with two attached hydrogens (primary N) is 1. The van der Waals surface area contributed by atoms with Crippen LogP contribution in [-0.2, 0) is 20.9 Å². The number of hydrogen-bond acceptors (Lipinski definition) is 4. The maximum absolute atomic E-state index is 12.2. The maximum atomic E-state index is 12.2. The van der Waals surface area contributed by atoms with Gasteiger partial charge in [0, 0.05) is 24.8 Å². The van der Waals surface area contributed by atoms with Crippen molar-refractivity contribution in [2.24, 2.45) is 11.7 Å². The molecule has 6 heteroatoms. The maximum Gasteiger partial charge on any atom is 0.253 e. The van der Waals surface area contributed by atoms with E-state index < -0.39 is 6.10 Å². The summed E-state index contributed by atoms with van der Waals surface area (Å²) in [5.41, 5.74) is 7.31. The number of nitrogens with zero attached hydrogens (tertiary/aromatic N) is 1.